The minimum absolute atomic E-state index is 0.362. The van der Waals surface area contributed by atoms with E-state index in [1.807, 2.05) is 36.9 Å². The average Bonchev–Trinajstić information content (AvgIpc) is 3.17. The predicted octanol–water partition coefficient (Wildman–Crippen LogP) is 3.32. The van der Waals surface area contributed by atoms with Crippen molar-refractivity contribution in [3.63, 3.8) is 0 Å². The van der Waals surface area contributed by atoms with Crippen LogP contribution in [0.3, 0.4) is 0 Å². The lowest BCUT2D eigenvalue weighted by Gasteiger charge is -2.34. The number of hydrogen-bond acceptors (Lipinski definition) is 5. The molecule has 2 N–H and O–H groups in total. The highest BCUT2D eigenvalue weighted by Crippen LogP contribution is 2.30. The zero-order valence-corrected chi connectivity index (χ0v) is 15.0. The van der Waals surface area contributed by atoms with E-state index in [2.05, 4.69) is 49.2 Å². The van der Waals surface area contributed by atoms with Crippen molar-refractivity contribution in [1.29, 1.82) is 0 Å². The molecule has 3 heterocycles. The summed E-state index contributed by atoms with van der Waals surface area (Å²) in [6.07, 6.45) is 7.73. The van der Waals surface area contributed by atoms with Crippen LogP contribution in [0.4, 0.5) is 5.95 Å². The zero-order chi connectivity index (χ0) is 17.8. The van der Waals surface area contributed by atoms with E-state index in [4.69, 9.17) is 0 Å². The first-order valence-corrected chi connectivity index (χ1v) is 9.18. The standard InChI is InChI=1S/C20H24N6/c1-2-18-19-17(24-14-25-19)8-9-26(18)13-16-11-22-20(23-12-16)21-10-15-6-4-3-5-7-15/h3-7,11-12,14,18H,2,8-10,13H2,1H3,(H,24,25)(H,21,22,23). The number of aromatic nitrogens is 4. The Morgan fingerprint density at radius 2 is 1.92 bits per heavy atom. The molecule has 0 fully saturated rings. The van der Waals surface area contributed by atoms with Gasteiger partial charge in [0, 0.05) is 49.7 Å². The first-order valence-electron chi connectivity index (χ1n) is 9.18. The van der Waals surface area contributed by atoms with Crippen LogP contribution in [0.1, 0.15) is 41.9 Å². The molecule has 0 saturated carbocycles. The number of benzene rings is 1. The highest BCUT2D eigenvalue weighted by Gasteiger charge is 2.28. The summed E-state index contributed by atoms with van der Waals surface area (Å²) in [6.45, 7) is 4.83. The molecule has 2 aromatic heterocycles. The van der Waals surface area contributed by atoms with Gasteiger partial charge in [0.25, 0.3) is 0 Å². The Kier molecular flexibility index (Phi) is 4.93. The monoisotopic (exact) mass is 348 g/mol. The first-order chi connectivity index (χ1) is 12.8. The summed E-state index contributed by atoms with van der Waals surface area (Å²) in [5.74, 6) is 0.665. The van der Waals surface area contributed by atoms with Crippen LogP contribution in [0.2, 0.25) is 0 Å². The number of H-pyrrole nitrogens is 1. The first kappa shape index (κ1) is 16.7. The molecular formula is C20H24N6. The van der Waals surface area contributed by atoms with Crippen molar-refractivity contribution in [1.82, 2.24) is 24.8 Å². The van der Waals surface area contributed by atoms with Crippen molar-refractivity contribution in [3.8, 4) is 0 Å². The fourth-order valence-electron chi connectivity index (χ4n) is 3.58. The van der Waals surface area contributed by atoms with Crippen LogP contribution in [0.15, 0.2) is 49.1 Å². The van der Waals surface area contributed by atoms with Gasteiger partial charge in [-0.2, -0.15) is 0 Å². The van der Waals surface area contributed by atoms with Gasteiger partial charge in [0.15, 0.2) is 0 Å². The number of anilines is 1. The lowest BCUT2D eigenvalue weighted by atomic mass is 10.00. The normalized spacial score (nSPS) is 17.0. The molecule has 0 amide bonds. The topological polar surface area (TPSA) is 69.7 Å². The summed E-state index contributed by atoms with van der Waals surface area (Å²) >= 11 is 0. The number of hydrogen-bond donors (Lipinski definition) is 2. The number of nitrogens with zero attached hydrogens (tertiary/aromatic N) is 4. The minimum atomic E-state index is 0.362. The summed E-state index contributed by atoms with van der Waals surface area (Å²) < 4.78 is 0. The van der Waals surface area contributed by atoms with E-state index in [0.717, 1.165) is 38.0 Å². The van der Waals surface area contributed by atoms with Gasteiger partial charge in [0.2, 0.25) is 5.95 Å². The summed E-state index contributed by atoms with van der Waals surface area (Å²) in [7, 11) is 0. The lowest BCUT2D eigenvalue weighted by Crippen LogP contribution is -2.35. The third-order valence-corrected chi connectivity index (χ3v) is 4.93. The third kappa shape index (κ3) is 3.60. The summed E-state index contributed by atoms with van der Waals surface area (Å²) in [5.41, 5.74) is 4.83. The molecule has 134 valence electrons. The van der Waals surface area contributed by atoms with Gasteiger partial charge in [0.05, 0.1) is 18.1 Å². The molecule has 1 aliphatic rings. The minimum Gasteiger partial charge on any atom is -0.350 e. The van der Waals surface area contributed by atoms with Gasteiger partial charge >= 0.3 is 0 Å². The molecule has 0 bridgehead atoms. The number of nitrogens with one attached hydrogen (secondary N) is 2. The third-order valence-electron chi connectivity index (χ3n) is 4.93. The number of imidazole rings is 1. The van der Waals surface area contributed by atoms with Crippen LogP contribution < -0.4 is 5.32 Å². The van der Waals surface area contributed by atoms with E-state index < -0.39 is 0 Å². The van der Waals surface area contributed by atoms with Crippen molar-refractivity contribution in [3.05, 3.63) is 71.6 Å². The Morgan fingerprint density at radius 1 is 1.12 bits per heavy atom. The Hall–Kier alpha value is -2.73. The molecule has 4 rings (SSSR count). The molecule has 0 aliphatic carbocycles. The summed E-state index contributed by atoms with van der Waals surface area (Å²) in [5, 5.41) is 3.27. The van der Waals surface area contributed by atoms with Crippen molar-refractivity contribution in [2.75, 3.05) is 11.9 Å². The van der Waals surface area contributed by atoms with E-state index in [-0.39, 0.29) is 0 Å². The number of fused-ring (bicyclic) bond motifs is 1. The maximum atomic E-state index is 4.53. The van der Waals surface area contributed by atoms with Gasteiger partial charge in [-0.05, 0) is 12.0 Å². The van der Waals surface area contributed by atoms with E-state index in [9.17, 15) is 0 Å². The van der Waals surface area contributed by atoms with Crippen LogP contribution in [0.5, 0.6) is 0 Å². The van der Waals surface area contributed by atoms with Crippen LogP contribution in [-0.2, 0) is 19.5 Å². The van der Waals surface area contributed by atoms with Crippen LogP contribution >= 0.6 is 0 Å². The Labute approximate surface area is 153 Å². The molecule has 1 aromatic carbocycles. The molecule has 1 aliphatic heterocycles. The Balaban J connectivity index is 1.38. The average molecular weight is 348 g/mol. The SMILES string of the molecule is CCC1c2nc[nH]c2CCN1Cc1cnc(NCc2ccccc2)nc1. The fraction of sp³-hybridized carbons (Fsp3) is 0.350. The molecular weight excluding hydrogens is 324 g/mol. The van der Waals surface area contributed by atoms with E-state index in [1.54, 1.807) is 0 Å². The molecule has 6 heteroatoms. The largest absolute Gasteiger partial charge is 0.350 e. The lowest BCUT2D eigenvalue weighted by molar-refractivity contribution is 0.167. The van der Waals surface area contributed by atoms with Crippen molar-refractivity contribution >= 4 is 5.95 Å². The predicted molar refractivity (Wildman–Crippen MR) is 102 cm³/mol. The molecule has 6 nitrogen and oxygen atoms in total. The number of aromatic amines is 1. The van der Waals surface area contributed by atoms with Crippen molar-refractivity contribution in [2.24, 2.45) is 0 Å². The molecule has 0 radical (unpaired) electrons. The van der Waals surface area contributed by atoms with Crippen LogP contribution in [0.25, 0.3) is 0 Å². The quantitative estimate of drug-likeness (QED) is 0.715. The van der Waals surface area contributed by atoms with Gasteiger partial charge in [0.1, 0.15) is 0 Å². The Bertz CT molecular complexity index is 827. The summed E-state index contributed by atoms with van der Waals surface area (Å²) in [4.78, 5) is 19.2. The molecule has 26 heavy (non-hydrogen) atoms. The van der Waals surface area contributed by atoms with Crippen molar-refractivity contribution in [2.45, 2.75) is 38.9 Å². The smallest absolute Gasteiger partial charge is 0.222 e. The number of rotatable bonds is 6. The Morgan fingerprint density at radius 3 is 2.69 bits per heavy atom. The second kappa shape index (κ2) is 7.66. The van der Waals surface area contributed by atoms with E-state index in [0.29, 0.717) is 12.0 Å². The molecule has 0 saturated heterocycles. The van der Waals surface area contributed by atoms with Gasteiger partial charge in [-0.1, -0.05) is 37.3 Å². The van der Waals surface area contributed by atoms with E-state index in [1.165, 1.54) is 17.0 Å². The molecule has 1 atom stereocenters. The maximum Gasteiger partial charge on any atom is 0.222 e. The van der Waals surface area contributed by atoms with Crippen molar-refractivity contribution < 1.29 is 0 Å². The highest BCUT2D eigenvalue weighted by atomic mass is 15.2. The van der Waals surface area contributed by atoms with Gasteiger partial charge in [-0.25, -0.2) is 15.0 Å². The zero-order valence-electron chi connectivity index (χ0n) is 15.0. The molecule has 3 aromatic rings. The highest BCUT2D eigenvalue weighted by molar-refractivity contribution is 5.28. The van der Waals surface area contributed by atoms with Gasteiger partial charge in [-0.15, -0.1) is 0 Å². The van der Waals surface area contributed by atoms with Crippen LogP contribution in [-0.4, -0.2) is 31.4 Å². The fourth-order valence-corrected chi connectivity index (χ4v) is 3.58. The van der Waals surface area contributed by atoms with Gasteiger partial charge in [-0.3, -0.25) is 4.90 Å². The second-order valence-electron chi connectivity index (χ2n) is 6.66. The molecule has 1 unspecified atom stereocenters. The summed E-state index contributed by atoms with van der Waals surface area (Å²) in [6, 6.07) is 10.6. The second-order valence-corrected chi connectivity index (χ2v) is 6.66. The van der Waals surface area contributed by atoms with Gasteiger partial charge < -0.3 is 10.3 Å². The van der Waals surface area contributed by atoms with E-state index >= 15 is 0 Å². The molecule has 0 spiro atoms. The van der Waals surface area contributed by atoms with Crippen LogP contribution in [0, 0.1) is 0 Å². The maximum absolute atomic E-state index is 4.53.